The van der Waals surface area contributed by atoms with Gasteiger partial charge in [0.25, 0.3) is 0 Å². The van der Waals surface area contributed by atoms with Crippen molar-refractivity contribution in [3.63, 3.8) is 0 Å². The molecule has 0 saturated carbocycles. The molecule has 2 saturated heterocycles. The van der Waals surface area contributed by atoms with Crippen molar-refractivity contribution in [3.8, 4) is 0 Å². The average Bonchev–Trinajstić information content (AvgIpc) is 3.18. The Morgan fingerprint density at radius 1 is 0.977 bits per heavy atom. The van der Waals surface area contributed by atoms with Gasteiger partial charge in [-0.2, -0.15) is 26.3 Å². The van der Waals surface area contributed by atoms with Gasteiger partial charge in [-0.3, -0.25) is 4.79 Å². The van der Waals surface area contributed by atoms with Crippen LogP contribution >= 0.6 is 0 Å². The Hall–Kier alpha value is -3.76. The van der Waals surface area contributed by atoms with Gasteiger partial charge in [0.15, 0.2) is 0 Å². The maximum atomic E-state index is 14.0. The molecule has 2 fully saturated rings. The van der Waals surface area contributed by atoms with Crippen molar-refractivity contribution >= 4 is 11.9 Å². The van der Waals surface area contributed by atoms with Crippen molar-refractivity contribution in [1.29, 1.82) is 0 Å². The van der Waals surface area contributed by atoms with Gasteiger partial charge in [-0.25, -0.2) is 4.79 Å². The number of halogens is 6. The molecule has 2 aliphatic rings. The van der Waals surface area contributed by atoms with E-state index in [4.69, 9.17) is 0 Å². The number of carbonyl (C=O) groups excluding carboxylic acids is 2. The van der Waals surface area contributed by atoms with Gasteiger partial charge in [0.1, 0.15) is 0 Å². The second kappa shape index (κ2) is 11.7. The molecule has 43 heavy (non-hydrogen) atoms. The molecule has 0 aromatic heterocycles. The van der Waals surface area contributed by atoms with E-state index in [0.717, 1.165) is 21.6 Å². The first-order valence-electron chi connectivity index (χ1n) is 13.9. The van der Waals surface area contributed by atoms with E-state index in [9.17, 15) is 35.9 Å². The third-order valence-corrected chi connectivity index (χ3v) is 8.45. The van der Waals surface area contributed by atoms with E-state index in [-0.39, 0.29) is 30.6 Å². The van der Waals surface area contributed by atoms with Crippen LogP contribution in [0.15, 0.2) is 61.7 Å². The minimum absolute atomic E-state index is 0.0452. The zero-order valence-electron chi connectivity index (χ0n) is 24.4. The van der Waals surface area contributed by atoms with Crippen LogP contribution in [0.1, 0.15) is 58.7 Å². The molecule has 2 atom stereocenters. The Bertz CT molecular complexity index is 1370. The fourth-order valence-electron chi connectivity index (χ4n) is 6.56. The fraction of sp³-hybridized carbons (Fsp3) is 0.438. The summed E-state index contributed by atoms with van der Waals surface area (Å²) in [5, 5.41) is 0. The van der Waals surface area contributed by atoms with Crippen LogP contribution < -0.4 is 0 Å². The van der Waals surface area contributed by atoms with Crippen molar-refractivity contribution in [2.24, 2.45) is 5.41 Å². The number of hydrogen-bond acceptors (Lipinski definition) is 2. The number of piperazine rings is 1. The number of benzene rings is 2. The monoisotopic (exact) mass is 607 g/mol. The van der Waals surface area contributed by atoms with E-state index in [1.54, 1.807) is 22.0 Å². The van der Waals surface area contributed by atoms with Gasteiger partial charge in [0.2, 0.25) is 5.91 Å². The van der Waals surface area contributed by atoms with Gasteiger partial charge in [0.05, 0.1) is 28.6 Å². The first kappa shape index (κ1) is 32.2. The van der Waals surface area contributed by atoms with E-state index in [1.165, 1.54) is 7.05 Å². The van der Waals surface area contributed by atoms with Crippen molar-refractivity contribution < 1.29 is 35.9 Å². The highest BCUT2D eigenvalue weighted by Crippen LogP contribution is 2.49. The lowest BCUT2D eigenvalue weighted by Gasteiger charge is -2.46. The van der Waals surface area contributed by atoms with Crippen LogP contribution in [-0.4, -0.2) is 52.8 Å². The lowest BCUT2D eigenvalue weighted by atomic mass is 9.76. The molecule has 0 bridgehead atoms. The molecular weight excluding hydrogens is 572 g/mol. The summed E-state index contributed by atoms with van der Waals surface area (Å²) in [7, 11) is 1.35. The molecule has 2 aromatic carbocycles. The molecular formula is C32H35F6N3O2. The summed E-state index contributed by atoms with van der Waals surface area (Å²) in [6, 6.07) is 5.57. The van der Waals surface area contributed by atoms with E-state index in [1.807, 2.05) is 32.0 Å². The number of carbonyl (C=O) groups is 2. The van der Waals surface area contributed by atoms with Gasteiger partial charge >= 0.3 is 18.4 Å². The van der Waals surface area contributed by atoms with E-state index in [2.05, 4.69) is 13.2 Å². The summed E-state index contributed by atoms with van der Waals surface area (Å²) in [5.41, 5.74) is -1.22. The van der Waals surface area contributed by atoms with Crippen LogP contribution in [0.3, 0.4) is 0 Å². The molecule has 11 heteroatoms. The predicted molar refractivity (Wildman–Crippen MR) is 151 cm³/mol. The Morgan fingerprint density at radius 2 is 1.56 bits per heavy atom. The molecule has 2 unspecified atom stereocenters. The largest absolute Gasteiger partial charge is 0.416 e. The lowest BCUT2D eigenvalue weighted by molar-refractivity contribution is -0.143. The second-order valence-electron chi connectivity index (χ2n) is 11.6. The number of urea groups is 1. The van der Waals surface area contributed by atoms with Crippen molar-refractivity contribution in [3.05, 3.63) is 95.1 Å². The minimum atomic E-state index is -5.00. The van der Waals surface area contributed by atoms with Gasteiger partial charge < -0.3 is 14.7 Å². The third kappa shape index (κ3) is 6.31. The molecule has 4 rings (SSSR count). The summed E-state index contributed by atoms with van der Waals surface area (Å²) >= 11 is 0. The maximum Gasteiger partial charge on any atom is 0.416 e. The number of hydrogen-bond donors (Lipinski definition) is 0. The SMILES string of the molecule is C=CCC1(CC=C)CC2C(c3ccc(C)cc3C)N(C(=O)N(C)Cc3cc(C(F)(F)F)cc(C(F)(F)F)c3)CCN2C1=O. The van der Waals surface area contributed by atoms with Crippen molar-refractivity contribution in [2.75, 3.05) is 20.1 Å². The quantitative estimate of drug-likeness (QED) is 0.239. The number of amides is 3. The topological polar surface area (TPSA) is 43.9 Å². The molecule has 0 radical (unpaired) electrons. The number of alkyl halides is 6. The first-order valence-corrected chi connectivity index (χ1v) is 13.9. The predicted octanol–water partition coefficient (Wildman–Crippen LogP) is 7.69. The fourth-order valence-corrected chi connectivity index (χ4v) is 6.56. The lowest BCUT2D eigenvalue weighted by Crippen LogP contribution is -2.57. The smallest absolute Gasteiger partial charge is 0.335 e. The Morgan fingerprint density at radius 3 is 2.07 bits per heavy atom. The highest BCUT2D eigenvalue weighted by molar-refractivity contribution is 5.87. The third-order valence-electron chi connectivity index (χ3n) is 8.45. The Labute approximate surface area is 247 Å². The molecule has 0 N–H and O–H groups in total. The van der Waals surface area contributed by atoms with Crippen molar-refractivity contribution in [1.82, 2.24) is 14.7 Å². The molecule has 5 nitrogen and oxygen atoms in total. The Kier molecular flexibility index (Phi) is 8.77. The molecule has 2 aliphatic heterocycles. The highest BCUT2D eigenvalue weighted by atomic mass is 19.4. The summed E-state index contributed by atoms with van der Waals surface area (Å²) in [5.74, 6) is -0.0452. The second-order valence-corrected chi connectivity index (χ2v) is 11.6. The van der Waals surface area contributed by atoms with Gasteiger partial charge in [-0.1, -0.05) is 35.9 Å². The zero-order valence-corrected chi connectivity index (χ0v) is 24.4. The highest BCUT2D eigenvalue weighted by Gasteiger charge is 2.56. The van der Waals surface area contributed by atoms with Crippen LogP contribution in [0.4, 0.5) is 31.1 Å². The number of allylic oxidation sites excluding steroid dienone is 2. The Balaban J connectivity index is 1.72. The van der Waals surface area contributed by atoms with Crippen molar-refractivity contribution in [2.45, 2.75) is 64.1 Å². The first-order chi connectivity index (χ1) is 20.0. The standard InChI is InChI=1S/C32H35F6N3O2/c1-6-10-30(11-7-2)18-26-27(25-9-8-20(3)14-21(25)4)41(13-12-40(26)28(30)42)29(43)39(5)19-22-15-23(31(33,34)35)17-24(16-22)32(36,37)38/h6-9,14-17,26-27H,1-2,10-13,18-19H2,3-5H3. The zero-order chi connectivity index (χ0) is 31.9. The van der Waals surface area contributed by atoms with Gasteiger partial charge in [-0.05, 0) is 68.0 Å². The molecule has 232 valence electrons. The molecule has 0 aliphatic carbocycles. The average molecular weight is 608 g/mol. The molecule has 2 heterocycles. The van der Waals surface area contributed by atoms with Gasteiger partial charge in [-0.15, -0.1) is 13.2 Å². The van der Waals surface area contributed by atoms with E-state index >= 15 is 0 Å². The summed E-state index contributed by atoms with van der Waals surface area (Å²) in [4.78, 5) is 32.3. The molecule has 3 amide bonds. The summed E-state index contributed by atoms with van der Waals surface area (Å²) in [6.45, 7) is 11.4. The molecule has 0 spiro atoms. The minimum Gasteiger partial charge on any atom is -0.335 e. The summed E-state index contributed by atoms with van der Waals surface area (Å²) in [6.07, 6.45) is -5.31. The van der Waals surface area contributed by atoms with Crippen LogP contribution in [-0.2, 0) is 23.7 Å². The summed E-state index contributed by atoms with van der Waals surface area (Å²) < 4.78 is 80.7. The van der Waals surface area contributed by atoms with E-state index in [0.29, 0.717) is 31.4 Å². The van der Waals surface area contributed by atoms with E-state index < -0.39 is 53.6 Å². The van der Waals surface area contributed by atoms with Crippen LogP contribution in [0, 0.1) is 19.3 Å². The van der Waals surface area contributed by atoms with Crippen LogP contribution in [0.2, 0.25) is 0 Å². The maximum absolute atomic E-state index is 14.0. The number of rotatable bonds is 7. The van der Waals surface area contributed by atoms with Gasteiger partial charge in [0, 0.05) is 26.7 Å². The number of nitrogens with zero attached hydrogens (tertiary/aromatic N) is 3. The number of fused-ring (bicyclic) bond motifs is 1. The molecule has 2 aromatic rings. The van der Waals surface area contributed by atoms with Crippen LogP contribution in [0.5, 0.6) is 0 Å². The number of aryl methyl sites for hydroxylation is 2. The van der Waals surface area contributed by atoms with Crippen LogP contribution in [0.25, 0.3) is 0 Å². The normalized spacial score (nSPS) is 20.2.